The minimum atomic E-state index is -1.19. The van der Waals surface area contributed by atoms with Crippen LogP contribution in [0.2, 0.25) is 0 Å². The average Bonchev–Trinajstić information content (AvgIpc) is 4.10. The molecule has 2 saturated carbocycles. The minimum Gasteiger partial charge on any atom is -0.488 e. The lowest BCUT2D eigenvalue weighted by molar-refractivity contribution is -0.145. The number of likely N-dealkylation sites (tertiary alicyclic amines) is 1. The lowest BCUT2D eigenvalue weighted by Crippen LogP contribution is -2.62. The van der Waals surface area contributed by atoms with Gasteiger partial charge < -0.3 is 45.4 Å². The number of carbonyl (C=O) groups is 8. The van der Waals surface area contributed by atoms with Gasteiger partial charge in [0.1, 0.15) is 42.3 Å². The van der Waals surface area contributed by atoms with Gasteiger partial charge in [-0.1, -0.05) is 83.7 Å². The predicted molar refractivity (Wildman–Crippen MR) is 259 cm³/mol. The van der Waals surface area contributed by atoms with Crippen molar-refractivity contribution in [2.75, 3.05) is 32.7 Å². The summed E-state index contributed by atoms with van der Waals surface area (Å²) < 4.78 is 11.9. The van der Waals surface area contributed by atoms with E-state index in [0.29, 0.717) is 56.8 Å². The van der Waals surface area contributed by atoms with Crippen molar-refractivity contribution in [3.8, 4) is 5.75 Å². The van der Waals surface area contributed by atoms with Crippen molar-refractivity contribution in [3.05, 3.63) is 90.0 Å². The zero-order valence-electron chi connectivity index (χ0n) is 41.1. The molecule has 2 saturated heterocycles. The highest BCUT2D eigenvalue weighted by molar-refractivity contribution is 6.38. The molecule has 1 unspecified atom stereocenters. The number of aromatic nitrogens is 2. The Balaban J connectivity index is 1.05. The summed E-state index contributed by atoms with van der Waals surface area (Å²) in [5.74, 6) is -3.96. The van der Waals surface area contributed by atoms with E-state index >= 15 is 4.79 Å². The van der Waals surface area contributed by atoms with E-state index in [2.05, 4.69) is 31.2 Å². The van der Waals surface area contributed by atoms with Gasteiger partial charge in [0.05, 0.1) is 18.8 Å². The van der Waals surface area contributed by atoms with Gasteiger partial charge in [0, 0.05) is 56.6 Å². The number of rotatable bonds is 18. The van der Waals surface area contributed by atoms with Crippen molar-refractivity contribution in [2.45, 2.75) is 135 Å². The van der Waals surface area contributed by atoms with Crippen molar-refractivity contribution in [1.29, 1.82) is 0 Å². The molecule has 19 heteroatoms. The Labute approximate surface area is 414 Å². The number of ether oxygens (including phenoxy) is 2. The molecule has 0 bridgehead atoms. The van der Waals surface area contributed by atoms with Gasteiger partial charge >= 0.3 is 6.09 Å². The molecule has 0 spiro atoms. The maximum Gasteiger partial charge on any atom is 0.410 e. The quantitative estimate of drug-likeness (QED) is 0.133. The molecule has 380 valence electrons. The van der Waals surface area contributed by atoms with E-state index in [0.717, 1.165) is 37.7 Å². The standard InChI is InChI=1S/C52H67N9O10/c1-5-12-39(43(62)48(66)55-36-19-20-36)56-46(64)41-29-38(71-37-21-17-35(18-22-37)49(67)59-25-27-60(28-26-59)51(69)70-32-33-13-8-6-9-14-33)31-61(41)50(68)44(52(2,3)4)58-47(65)42(34-15-10-7-11-16-34)57-45(63)40-30-53-23-24-54-40/h6,8-9,13-14,17-18,21-24,30,34,36,38-39,41-42,44H,5,7,10-12,15-16,19-20,25-29,31-32H2,1-4H3,(H,55,66)(H,56,64)(H,57,63)(H,58,65)/t38-,39+,41?,42+,44-/m1/s1. The number of carbonyl (C=O) groups excluding carboxylic acids is 8. The lowest BCUT2D eigenvalue weighted by atomic mass is 9.82. The summed E-state index contributed by atoms with van der Waals surface area (Å²) in [4.78, 5) is 123. The van der Waals surface area contributed by atoms with Gasteiger partial charge in [-0.3, -0.25) is 38.5 Å². The summed E-state index contributed by atoms with van der Waals surface area (Å²) >= 11 is 0. The Bertz CT molecular complexity index is 2360. The fourth-order valence-corrected chi connectivity index (χ4v) is 9.34. The van der Waals surface area contributed by atoms with Crippen molar-refractivity contribution in [2.24, 2.45) is 11.3 Å². The molecule has 2 aliphatic carbocycles. The number of Topliss-reactive ketones (excluding diaryl/α,β-unsaturated/α-hetero) is 1. The van der Waals surface area contributed by atoms with Crippen LogP contribution in [0.1, 0.15) is 118 Å². The Morgan fingerprint density at radius 3 is 2.13 bits per heavy atom. The van der Waals surface area contributed by atoms with Crippen LogP contribution < -0.4 is 26.0 Å². The Morgan fingerprint density at radius 2 is 1.49 bits per heavy atom. The fourth-order valence-electron chi connectivity index (χ4n) is 9.34. The first-order chi connectivity index (χ1) is 34.1. The molecule has 4 fully saturated rings. The van der Waals surface area contributed by atoms with Gasteiger partial charge in [0.25, 0.3) is 17.7 Å². The Hall–Kier alpha value is -6.92. The van der Waals surface area contributed by atoms with Gasteiger partial charge in [0.15, 0.2) is 0 Å². The number of hydrogen-bond acceptors (Lipinski definition) is 12. The summed E-state index contributed by atoms with van der Waals surface area (Å²) in [7, 11) is 0. The number of benzene rings is 2. The molecule has 4 aliphatic rings. The number of amides is 7. The predicted octanol–water partition coefficient (Wildman–Crippen LogP) is 3.96. The Morgan fingerprint density at radius 1 is 0.803 bits per heavy atom. The van der Waals surface area contributed by atoms with Gasteiger partial charge in [-0.15, -0.1) is 0 Å². The molecule has 2 aliphatic heterocycles. The minimum absolute atomic E-state index is 0.00129. The molecule has 4 N–H and O–H groups in total. The van der Waals surface area contributed by atoms with Crippen molar-refractivity contribution < 1.29 is 47.8 Å². The smallest absolute Gasteiger partial charge is 0.410 e. The number of nitrogens with one attached hydrogen (secondary N) is 4. The van der Waals surface area contributed by atoms with Gasteiger partial charge in [0.2, 0.25) is 23.5 Å². The molecule has 2 aromatic carbocycles. The average molecular weight is 978 g/mol. The second kappa shape index (κ2) is 23.8. The largest absolute Gasteiger partial charge is 0.488 e. The van der Waals surface area contributed by atoms with Crippen LogP contribution in [-0.4, -0.2) is 141 Å². The van der Waals surface area contributed by atoms with Gasteiger partial charge in [-0.05, 0) is 73.3 Å². The highest BCUT2D eigenvalue weighted by Crippen LogP contribution is 2.31. The summed E-state index contributed by atoms with van der Waals surface area (Å²) in [6.07, 6.45) is 9.31. The van der Waals surface area contributed by atoms with E-state index in [-0.39, 0.29) is 49.6 Å². The zero-order valence-corrected chi connectivity index (χ0v) is 41.1. The molecule has 19 nitrogen and oxygen atoms in total. The number of ketones is 1. The van der Waals surface area contributed by atoms with Crippen molar-refractivity contribution in [1.82, 2.24) is 45.9 Å². The maximum atomic E-state index is 15.1. The summed E-state index contributed by atoms with van der Waals surface area (Å²) in [5, 5.41) is 11.3. The van der Waals surface area contributed by atoms with Crippen molar-refractivity contribution in [3.63, 3.8) is 0 Å². The van der Waals surface area contributed by atoms with E-state index < -0.39 is 77.1 Å². The van der Waals surface area contributed by atoms with Crippen LogP contribution in [0, 0.1) is 11.3 Å². The van der Waals surface area contributed by atoms with Crippen LogP contribution in [0.5, 0.6) is 5.75 Å². The van der Waals surface area contributed by atoms with E-state index in [4.69, 9.17) is 9.47 Å². The normalized spacial score (nSPS) is 19.6. The van der Waals surface area contributed by atoms with Crippen LogP contribution in [0.4, 0.5) is 4.79 Å². The third-order valence-corrected chi connectivity index (χ3v) is 13.5. The first-order valence-electron chi connectivity index (χ1n) is 24.9. The SMILES string of the molecule is CCC[C@H](NC(=O)C1C[C@@H](Oc2ccc(C(=O)N3CCN(C(=O)OCc4ccccc4)CC3)cc2)CN1C(=O)[C@@H](NC(=O)[C@@H](NC(=O)c1cnccn1)C1CCCCC1)C(C)(C)C)C(=O)C(=O)NC1CC1. The molecule has 7 amide bonds. The first kappa shape index (κ1) is 51.9. The first-order valence-corrected chi connectivity index (χ1v) is 24.9. The van der Waals surface area contributed by atoms with E-state index in [1.165, 1.54) is 23.5 Å². The summed E-state index contributed by atoms with van der Waals surface area (Å²) in [5.41, 5.74) is 0.421. The van der Waals surface area contributed by atoms with E-state index in [1.807, 2.05) is 37.3 Å². The monoisotopic (exact) mass is 978 g/mol. The third-order valence-electron chi connectivity index (χ3n) is 13.5. The second-order valence-electron chi connectivity index (χ2n) is 20.0. The summed E-state index contributed by atoms with van der Waals surface area (Å²) in [6, 6.07) is 11.4. The van der Waals surface area contributed by atoms with Crippen LogP contribution in [0.25, 0.3) is 0 Å². The topological polar surface area (TPSA) is 239 Å². The molecular weight excluding hydrogens is 911 g/mol. The maximum absolute atomic E-state index is 15.1. The van der Waals surface area contributed by atoms with Crippen molar-refractivity contribution >= 4 is 47.3 Å². The Kier molecular flexibility index (Phi) is 17.4. The highest BCUT2D eigenvalue weighted by atomic mass is 16.6. The van der Waals surface area contributed by atoms with E-state index in [9.17, 15) is 33.6 Å². The summed E-state index contributed by atoms with van der Waals surface area (Å²) in [6.45, 7) is 8.55. The molecule has 0 radical (unpaired) electrons. The van der Waals surface area contributed by atoms with Crippen LogP contribution >= 0.6 is 0 Å². The fraction of sp³-hybridized carbons (Fsp3) is 0.538. The number of nitrogens with zero attached hydrogens (tertiary/aromatic N) is 5. The van der Waals surface area contributed by atoms with Crippen LogP contribution in [0.3, 0.4) is 0 Å². The number of piperazine rings is 1. The molecule has 71 heavy (non-hydrogen) atoms. The molecular formula is C52H67N9O10. The number of hydrogen-bond donors (Lipinski definition) is 4. The van der Waals surface area contributed by atoms with Gasteiger partial charge in [-0.2, -0.15) is 0 Å². The highest BCUT2D eigenvalue weighted by Gasteiger charge is 2.47. The van der Waals surface area contributed by atoms with Gasteiger partial charge in [-0.25, -0.2) is 9.78 Å². The molecule has 5 atom stereocenters. The molecule has 3 heterocycles. The van der Waals surface area contributed by atoms with E-state index in [1.54, 1.807) is 54.8 Å². The molecule has 7 rings (SSSR count). The molecule has 1 aromatic heterocycles. The second-order valence-corrected chi connectivity index (χ2v) is 20.0. The van der Waals surface area contributed by atoms with Crippen LogP contribution in [0.15, 0.2) is 73.2 Å². The lowest BCUT2D eigenvalue weighted by Gasteiger charge is -2.37. The van der Waals surface area contributed by atoms with Crippen LogP contribution in [-0.2, 0) is 35.3 Å². The molecule has 3 aromatic rings. The third kappa shape index (κ3) is 13.9. The zero-order chi connectivity index (χ0) is 50.7.